The zero-order valence-electron chi connectivity index (χ0n) is 15.4. The number of carbonyl (C=O) groups excluding carboxylic acids is 1. The molecule has 8 nitrogen and oxygen atoms in total. The van der Waals surface area contributed by atoms with Gasteiger partial charge in [0.15, 0.2) is 0 Å². The predicted molar refractivity (Wildman–Crippen MR) is 106 cm³/mol. The normalized spacial score (nSPS) is 10.8. The Morgan fingerprint density at radius 2 is 2.00 bits per heavy atom. The number of hydrogen-bond donors (Lipinski definition) is 4. The number of carboxylic acid groups (broad SMARTS) is 1. The van der Waals surface area contributed by atoms with E-state index < -0.39 is 5.97 Å². The fraction of sp³-hybridized carbons (Fsp3) is 0.200. The molecule has 2 aromatic carbocycles. The van der Waals surface area contributed by atoms with Gasteiger partial charge in [-0.2, -0.15) is 5.26 Å². The number of aryl methyl sites for hydroxylation is 2. The van der Waals surface area contributed by atoms with Gasteiger partial charge in [0.05, 0.1) is 0 Å². The molecule has 0 saturated heterocycles. The van der Waals surface area contributed by atoms with E-state index in [2.05, 4.69) is 15.6 Å². The van der Waals surface area contributed by atoms with Gasteiger partial charge in [-0.1, -0.05) is 24.3 Å². The minimum Gasteiger partial charge on any atom is -0.481 e. The molecule has 0 bridgehead atoms. The van der Waals surface area contributed by atoms with Gasteiger partial charge in [0.1, 0.15) is 0 Å². The SMILES string of the molecule is Cc1cccc(CCC(=O)O)c1CNC(=O)c1cccc(NC(N)=NC#N)c1. The first-order valence-corrected chi connectivity index (χ1v) is 8.57. The second-order valence-corrected chi connectivity index (χ2v) is 6.09. The molecule has 0 atom stereocenters. The summed E-state index contributed by atoms with van der Waals surface area (Å²) in [5.74, 6) is -1.21. The molecule has 0 aliphatic heterocycles. The molecule has 2 aromatic rings. The topological polar surface area (TPSA) is 141 Å². The first kappa shape index (κ1) is 20.5. The summed E-state index contributed by atoms with van der Waals surface area (Å²) in [6.07, 6.45) is 2.01. The average molecular weight is 379 g/mol. The number of carbonyl (C=O) groups is 2. The Hall–Kier alpha value is -3.86. The minimum atomic E-state index is -0.861. The molecule has 144 valence electrons. The summed E-state index contributed by atoms with van der Waals surface area (Å²) in [4.78, 5) is 26.7. The van der Waals surface area contributed by atoms with Crippen molar-refractivity contribution in [3.63, 3.8) is 0 Å². The van der Waals surface area contributed by atoms with E-state index in [4.69, 9.17) is 16.1 Å². The number of benzene rings is 2. The summed E-state index contributed by atoms with van der Waals surface area (Å²) >= 11 is 0. The van der Waals surface area contributed by atoms with E-state index >= 15 is 0 Å². The Balaban J connectivity index is 2.10. The van der Waals surface area contributed by atoms with Crippen LogP contribution in [0.2, 0.25) is 0 Å². The Kier molecular flexibility index (Phi) is 7.11. The summed E-state index contributed by atoms with van der Waals surface area (Å²) in [7, 11) is 0. The lowest BCUT2D eigenvalue weighted by atomic mass is 9.98. The number of anilines is 1. The number of nitriles is 1. The molecule has 0 aliphatic carbocycles. The van der Waals surface area contributed by atoms with E-state index in [1.54, 1.807) is 30.5 Å². The zero-order chi connectivity index (χ0) is 20.5. The maximum atomic E-state index is 12.5. The molecule has 8 heteroatoms. The molecule has 1 amide bonds. The average Bonchev–Trinajstić information content (AvgIpc) is 2.65. The van der Waals surface area contributed by atoms with Crippen molar-refractivity contribution >= 4 is 23.5 Å². The second-order valence-electron chi connectivity index (χ2n) is 6.09. The summed E-state index contributed by atoms with van der Waals surface area (Å²) < 4.78 is 0. The third kappa shape index (κ3) is 5.85. The molecular weight excluding hydrogens is 358 g/mol. The van der Waals surface area contributed by atoms with Crippen LogP contribution in [0.3, 0.4) is 0 Å². The van der Waals surface area contributed by atoms with E-state index in [-0.39, 0.29) is 24.8 Å². The number of rotatable bonds is 7. The standard InChI is InChI=1S/C20H21N5O3/c1-13-4-2-5-14(8-9-18(26)27)17(13)11-23-19(28)15-6-3-7-16(10-15)25-20(22)24-12-21/h2-7,10H,8-9,11H2,1H3,(H,23,28)(H,26,27)(H3,22,24,25). The number of nitrogens with zero attached hydrogens (tertiary/aromatic N) is 2. The first-order valence-electron chi connectivity index (χ1n) is 8.57. The van der Waals surface area contributed by atoms with E-state index in [1.807, 2.05) is 25.1 Å². The highest BCUT2D eigenvalue weighted by Crippen LogP contribution is 2.17. The van der Waals surface area contributed by atoms with E-state index in [9.17, 15) is 9.59 Å². The Morgan fingerprint density at radius 3 is 2.71 bits per heavy atom. The highest BCUT2D eigenvalue weighted by atomic mass is 16.4. The molecule has 0 aliphatic rings. The van der Waals surface area contributed by atoms with E-state index in [1.165, 1.54) is 0 Å². The van der Waals surface area contributed by atoms with Gasteiger partial charge >= 0.3 is 5.97 Å². The summed E-state index contributed by atoms with van der Waals surface area (Å²) in [5.41, 5.74) is 9.28. The quantitative estimate of drug-likeness (QED) is 0.330. The summed E-state index contributed by atoms with van der Waals surface area (Å²) in [6.45, 7) is 2.21. The zero-order valence-corrected chi connectivity index (χ0v) is 15.4. The van der Waals surface area contributed by atoms with Crippen molar-refractivity contribution in [3.05, 3.63) is 64.7 Å². The van der Waals surface area contributed by atoms with Crippen LogP contribution in [-0.2, 0) is 17.8 Å². The minimum absolute atomic E-state index is 0.0315. The fourth-order valence-electron chi connectivity index (χ4n) is 2.73. The van der Waals surface area contributed by atoms with Crippen LogP contribution in [0, 0.1) is 18.4 Å². The number of nitrogens with one attached hydrogen (secondary N) is 2. The summed E-state index contributed by atoms with van der Waals surface area (Å²) in [5, 5.41) is 23.0. The monoisotopic (exact) mass is 379 g/mol. The van der Waals surface area contributed by atoms with Gasteiger partial charge in [-0.3, -0.25) is 9.59 Å². The molecule has 0 aromatic heterocycles. The third-order valence-electron chi connectivity index (χ3n) is 4.11. The molecule has 0 heterocycles. The van der Waals surface area contributed by atoms with Crippen LogP contribution in [0.4, 0.5) is 5.69 Å². The van der Waals surface area contributed by atoms with Crippen LogP contribution in [0.1, 0.15) is 33.5 Å². The number of carboxylic acids is 1. The second kappa shape index (κ2) is 9.73. The van der Waals surface area contributed by atoms with Gasteiger partial charge in [0, 0.05) is 24.2 Å². The van der Waals surface area contributed by atoms with Crippen LogP contribution in [0.5, 0.6) is 0 Å². The van der Waals surface area contributed by atoms with Gasteiger partial charge < -0.3 is 21.5 Å². The lowest BCUT2D eigenvalue weighted by Crippen LogP contribution is -2.25. The van der Waals surface area contributed by atoms with Gasteiger partial charge in [0.2, 0.25) is 12.2 Å². The molecule has 2 rings (SSSR count). The van der Waals surface area contributed by atoms with Crippen molar-refractivity contribution in [1.29, 1.82) is 5.26 Å². The van der Waals surface area contributed by atoms with Gasteiger partial charge in [0.25, 0.3) is 5.91 Å². The molecular formula is C20H21N5O3. The number of aliphatic carboxylic acids is 1. The Bertz CT molecular complexity index is 947. The van der Waals surface area contributed by atoms with Crippen molar-refractivity contribution in [1.82, 2.24) is 5.32 Å². The maximum Gasteiger partial charge on any atom is 0.303 e. The lowest BCUT2D eigenvalue weighted by molar-refractivity contribution is -0.136. The maximum absolute atomic E-state index is 12.5. The molecule has 0 spiro atoms. The largest absolute Gasteiger partial charge is 0.481 e. The fourth-order valence-corrected chi connectivity index (χ4v) is 2.73. The first-order chi connectivity index (χ1) is 13.4. The van der Waals surface area contributed by atoms with Crippen LogP contribution < -0.4 is 16.4 Å². The number of amides is 1. The number of aliphatic imine (C=N–C) groups is 1. The van der Waals surface area contributed by atoms with Crippen LogP contribution in [-0.4, -0.2) is 22.9 Å². The van der Waals surface area contributed by atoms with Gasteiger partial charge in [-0.15, -0.1) is 4.99 Å². The van der Waals surface area contributed by atoms with Gasteiger partial charge in [-0.25, -0.2) is 0 Å². The summed E-state index contributed by atoms with van der Waals surface area (Å²) in [6, 6.07) is 12.3. The lowest BCUT2D eigenvalue weighted by Gasteiger charge is -2.14. The van der Waals surface area contributed by atoms with E-state index in [0.29, 0.717) is 17.7 Å². The van der Waals surface area contributed by atoms with Crippen molar-refractivity contribution < 1.29 is 14.7 Å². The smallest absolute Gasteiger partial charge is 0.303 e. The third-order valence-corrected chi connectivity index (χ3v) is 4.11. The van der Waals surface area contributed by atoms with Crippen LogP contribution in [0.25, 0.3) is 0 Å². The van der Waals surface area contributed by atoms with Crippen molar-refractivity contribution in [3.8, 4) is 6.19 Å². The number of nitrogens with two attached hydrogens (primary N) is 1. The van der Waals surface area contributed by atoms with Crippen molar-refractivity contribution in [2.24, 2.45) is 10.7 Å². The van der Waals surface area contributed by atoms with Crippen LogP contribution >= 0.6 is 0 Å². The molecule has 0 unspecified atom stereocenters. The molecule has 28 heavy (non-hydrogen) atoms. The number of hydrogen-bond acceptors (Lipinski definition) is 4. The number of guanidine groups is 1. The van der Waals surface area contributed by atoms with E-state index in [0.717, 1.165) is 16.7 Å². The molecule has 0 fully saturated rings. The molecule has 0 saturated carbocycles. The van der Waals surface area contributed by atoms with Gasteiger partial charge in [-0.05, 0) is 48.2 Å². The van der Waals surface area contributed by atoms with Crippen LogP contribution in [0.15, 0.2) is 47.5 Å². The Labute approximate surface area is 162 Å². The van der Waals surface area contributed by atoms with Crippen molar-refractivity contribution in [2.45, 2.75) is 26.3 Å². The molecule has 0 radical (unpaired) electrons. The Morgan fingerprint density at radius 1 is 1.25 bits per heavy atom. The highest BCUT2D eigenvalue weighted by molar-refractivity contribution is 5.97. The molecule has 5 N–H and O–H groups in total. The van der Waals surface area contributed by atoms with Crippen molar-refractivity contribution in [2.75, 3.05) is 5.32 Å². The highest BCUT2D eigenvalue weighted by Gasteiger charge is 2.11. The predicted octanol–water partition coefficient (Wildman–Crippen LogP) is 2.15.